The molecule has 0 heterocycles. The molecule has 0 radical (unpaired) electrons. The Hall–Kier alpha value is -0.640. The van der Waals surface area contributed by atoms with Gasteiger partial charge in [-0.3, -0.25) is 4.79 Å². The highest BCUT2D eigenvalue weighted by Gasteiger charge is 2.42. The predicted octanol–water partition coefficient (Wildman–Crippen LogP) is 3.27. The maximum absolute atomic E-state index is 12.6. The summed E-state index contributed by atoms with van der Waals surface area (Å²) >= 11 is 5.20. The largest absolute Gasteiger partial charge is 0.392 e. The summed E-state index contributed by atoms with van der Waals surface area (Å²) in [6, 6.07) is 0. The van der Waals surface area contributed by atoms with Crippen LogP contribution < -0.4 is 11.1 Å². The number of nitrogens with one attached hydrogen (secondary N) is 1. The summed E-state index contributed by atoms with van der Waals surface area (Å²) in [6.45, 7) is 9.56. The van der Waals surface area contributed by atoms with E-state index >= 15 is 0 Å². The van der Waals surface area contributed by atoms with E-state index < -0.39 is 5.41 Å². The maximum Gasteiger partial charge on any atom is 0.233 e. The van der Waals surface area contributed by atoms with Gasteiger partial charge < -0.3 is 11.1 Å². The van der Waals surface area contributed by atoms with Gasteiger partial charge in [0.05, 0.1) is 10.4 Å². The molecule has 0 atom stereocenters. The standard InChI is InChI=1S/C16H30N2OS/c1-11(2)13(12(3)4)10-18-15(19)16(14(17)20)8-6-5-7-9-16/h11-13H,5-10H2,1-4H3,(H2,17,20)(H,18,19). The fraction of sp³-hybridized carbons (Fsp3) is 0.875. The third-order valence-corrected chi connectivity index (χ3v) is 5.22. The van der Waals surface area contributed by atoms with E-state index in [4.69, 9.17) is 18.0 Å². The molecule has 1 saturated carbocycles. The van der Waals surface area contributed by atoms with E-state index in [9.17, 15) is 4.79 Å². The first-order chi connectivity index (χ1) is 9.31. The lowest BCUT2D eigenvalue weighted by Crippen LogP contribution is -2.51. The van der Waals surface area contributed by atoms with Crippen molar-refractivity contribution in [1.82, 2.24) is 5.32 Å². The average molecular weight is 298 g/mol. The second-order valence-corrected chi connectivity index (χ2v) is 7.31. The van der Waals surface area contributed by atoms with Gasteiger partial charge in [-0.05, 0) is 30.6 Å². The van der Waals surface area contributed by atoms with Gasteiger partial charge in [-0.15, -0.1) is 0 Å². The summed E-state index contributed by atoms with van der Waals surface area (Å²) in [6.07, 6.45) is 4.88. The van der Waals surface area contributed by atoms with Gasteiger partial charge in [0.25, 0.3) is 0 Å². The third kappa shape index (κ3) is 3.94. The van der Waals surface area contributed by atoms with Crippen LogP contribution in [0.2, 0.25) is 0 Å². The highest BCUT2D eigenvalue weighted by Crippen LogP contribution is 2.37. The Labute approximate surface area is 129 Å². The molecule has 0 aromatic heterocycles. The minimum atomic E-state index is -0.591. The number of carbonyl (C=O) groups is 1. The molecule has 0 aromatic rings. The molecule has 1 fully saturated rings. The number of amides is 1. The number of nitrogens with two attached hydrogens (primary N) is 1. The number of carbonyl (C=O) groups excluding carboxylic acids is 1. The van der Waals surface area contributed by atoms with Crippen LogP contribution in [0.4, 0.5) is 0 Å². The summed E-state index contributed by atoms with van der Waals surface area (Å²) in [7, 11) is 0. The van der Waals surface area contributed by atoms with Crippen molar-refractivity contribution >= 4 is 23.1 Å². The highest BCUT2D eigenvalue weighted by molar-refractivity contribution is 7.80. The van der Waals surface area contributed by atoms with E-state index in [2.05, 4.69) is 33.0 Å². The fourth-order valence-corrected chi connectivity index (χ4v) is 3.66. The van der Waals surface area contributed by atoms with Gasteiger partial charge in [0, 0.05) is 6.54 Å². The fourth-order valence-electron chi connectivity index (χ4n) is 3.36. The van der Waals surface area contributed by atoms with Gasteiger partial charge in [-0.2, -0.15) is 0 Å². The Balaban J connectivity index is 2.70. The molecule has 0 spiro atoms. The molecular formula is C16H30N2OS. The molecular weight excluding hydrogens is 268 g/mol. The average Bonchev–Trinajstić information content (AvgIpc) is 2.38. The van der Waals surface area contributed by atoms with Gasteiger partial charge in [0.1, 0.15) is 0 Å². The van der Waals surface area contributed by atoms with Crippen molar-refractivity contribution in [1.29, 1.82) is 0 Å². The molecule has 0 aliphatic heterocycles. The zero-order valence-corrected chi connectivity index (χ0v) is 14.2. The predicted molar refractivity (Wildman–Crippen MR) is 88.5 cm³/mol. The number of hydrogen-bond acceptors (Lipinski definition) is 2. The van der Waals surface area contributed by atoms with Crippen LogP contribution in [-0.4, -0.2) is 17.4 Å². The highest BCUT2D eigenvalue weighted by atomic mass is 32.1. The van der Waals surface area contributed by atoms with Crippen LogP contribution in [0.5, 0.6) is 0 Å². The maximum atomic E-state index is 12.6. The van der Waals surface area contributed by atoms with Crippen molar-refractivity contribution in [2.45, 2.75) is 59.8 Å². The first-order valence-corrected chi connectivity index (χ1v) is 8.30. The minimum absolute atomic E-state index is 0.0519. The van der Waals surface area contributed by atoms with Crippen molar-refractivity contribution in [2.24, 2.45) is 28.9 Å². The smallest absolute Gasteiger partial charge is 0.233 e. The SMILES string of the molecule is CC(C)C(CNC(=O)C1(C(N)=S)CCCCC1)C(C)C. The summed E-state index contributed by atoms with van der Waals surface area (Å²) in [5.74, 6) is 1.66. The van der Waals surface area contributed by atoms with Crippen LogP contribution in [-0.2, 0) is 4.79 Å². The molecule has 116 valence electrons. The summed E-state index contributed by atoms with van der Waals surface area (Å²) in [5, 5.41) is 3.13. The molecule has 3 N–H and O–H groups in total. The minimum Gasteiger partial charge on any atom is -0.392 e. The Bertz CT molecular complexity index is 338. The molecule has 1 amide bonds. The third-order valence-electron chi connectivity index (χ3n) is 4.82. The van der Waals surface area contributed by atoms with Crippen LogP contribution in [0.1, 0.15) is 59.8 Å². The van der Waals surface area contributed by atoms with E-state index in [1.807, 2.05) is 0 Å². The van der Waals surface area contributed by atoms with E-state index in [-0.39, 0.29) is 5.91 Å². The molecule has 0 bridgehead atoms. The lowest BCUT2D eigenvalue weighted by atomic mass is 9.73. The number of hydrogen-bond donors (Lipinski definition) is 2. The van der Waals surface area contributed by atoms with Crippen LogP contribution >= 0.6 is 12.2 Å². The molecule has 20 heavy (non-hydrogen) atoms. The monoisotopic (exact) mass is 298 g/mol. The van der Waals surface area contributed by atoms with E-state index in [1.54, 1.807) is 0 Å². The first kappa shape index (κ1) is 17.4. The molecule has 1 aliphatic carbocycles. The lowest BCUT2D eigenvalue weighted by molar-refractivity contribution is -0.129. The van der Waals surface area contributed by atoms with Gasteiger partial charge >= 0.3 is 0 Å². The van der Waals surface area contributed by atoms with E-state index in [1.165, 1.54) is 6.42 Å². The molecule has 4 heteroatoms. The van der Waals surface area contributed by atoms with Crippen molar-refractivity contribution in [2.75, 3.05) is 6.54 Å². The van der Waals surface area contributed by atoms with Crippen molar-refractivity contribution in [3.63, 3.8) is 0 Å². The van der Waals surface area contributed by atoms with Crippen LogP contribution in [0.15, 0.2) is 0 Å². The normalized spacial score (nSPS) is 18.6. The second-order valence-electron chi connectivity index (χ2n) is 6.87. The molecule has 3 nitrogen and oxygen atoms in total. The Morgan fingerprint density at radius 2 is 1.65 bits per heavy atom. The zero-order valence-electron chi connectivity index (χ0n) is 13.4. The molecule has 0 unspecified atom stereocenters. The summed E-state index contributed by atoms with van der Waals surface area (Å²) < 4.78 is 0. The van der Waals surface area contributed by atoms with Gasteiger partial charge in [-0.25, -0.2) is 0 Å². The molecule has 0 aromatic carbocycles. The number of thiocarbonyl (C=S) groups is 1. The Kier molecular flexibility index (Phi) is 6.44. The quantitative estimate of drug-likeness (QED) is 0.740. The molecule has 1 aliphatic rings. The second kappa shape index (κ2) is 7.39. The molecule has 0 saturated heterocycles. The van der Waals surface area contributed by atoms with Crippen LogP contribution in [0.3, 0.4) is 0 Å². The van der Waals surface area contributed by atoms with Crippen molar-refractivity contribution in [3.05, 3.63) is 0 Å². The molecule has 1 rings (SSSR count). The summed E-state index contributed by atoms with van der Waals surface area (Å²) in [5.41, 5.74) is 5.31. The number of rotatable bonds is 6. The summed E-state index contributed by atoms with van der Waals surface area (Å²) in [4.78, 5) is 13.0. The van der Waals surface area contributed by atoms with Crippen molar-refractivity contribution in [3.8, 4) is 0 Å². The Morgan fingerprint density at radius 3 is 2.05 bits per heavy atom. The van der Waals surface area contributed by atoms with Crippen LogP contribution in [0.25, 0.3) is 0 Å². The first-order valence-electron chi connectivity index (χ1n) is 7.89. The van der Waals surface area contributed by atoms with Gasteiger partial charge in [0.2, 0.25) is 5.91 Å². The van der Waals surface area contributed by atoms with Gasteiger partial charge in [0.15, 0.2) is 0 Å². The van der Waals surface area contributed by atoms with E-state index in [0.29, 0.717) is 22.7 Å². The zero-order chi connectivity index (χ0) is 15.3. The van der Waals surface area contributed by atoms with Crippen LogP contribution in [0, 0.1) is 23.2 Å². The Morgan fingerprint density at radius 1 is 1.15 bits per heavy atom. The lowest BCUT2D eigenvalue weighted by Gasteiger charge is -2.36. The van der Waals surface area contributed by atoms with Gasteiger partial charge in [-0.1, -0.05) is 59.2 Å². The van der Waals surface area contributed by atoms with E-state index in [0.717, 1.165) is 32.2 Å². The van der Waals surface area contributed by atoms with Crippen molar-refractivity contribution < 1.29 is 4.79 Å². The topological polar surface area (TPSA) is 55.1 Å².